The number of carbonyl (C=O) groups is 1. The molecule has 0 spiro atoms. The quantitative estimate of drug-likeness (QED) is 0.839. The third kappa shape index (κ3) is 4.36. The van der Waals surface area contributed by atoms with Crippen LogP contribution in [0.3, 0.4) is 0 Å². The maximum Gasteiger partial charge on any atom is 0.303 e. The summed E-state index contributed by atoms with van der Waals surface area (Å²) in [4.78, 5) is 10.5. The fourth-order valence-electron chi connectivity index (χ4n) is 3.38. The van der Waals surface area contributed by atoms with Gasteiger partial charge in [-0.15, -0.1) is 0 Å². The minimum Gasteiger partial charge on any atom is -0.481 e. The number of hydrogen-bond acceptors (Lipinski definition) is 1. The summed E-state index contributed by atoms with van der Waals surface area (Å²) in [7, 11) is 0. The van der Waals surface area contributed by atoms with Crippen molar-refractivity contribution in [3.63, 3.8) is 0 Å². The van der Waals surface area contributed by atoms with Crippen molar-refractivity contribution in [1.82, 2.24) is 0 Å². The van der Waals surface area contributed by atoms with E-state index in [0.717, 1.165) is 12.8 Å². The van der Waals surface area contributed by atoms with E-state index < -0.39 is 5.97 Å². The standard InChI is InChI=1S/C18H26O2/c1-18(2)12-4-6-16(13-18)15-10-8-14(9-11-15)5-3-7-17(19)20/h8-11,16H,3-7,12-13H2,1-2H3,(H,19,20). The number of aryl methyl sites for hydroxylation is 1. The van der Waals surface area contributed by atoms with E-state index in [1.165, 1.54) is 36.8 Å². The average Bonchev–Trinajstić information content (AvgIpc) is 2.38. The van der Waals surface area contributed by atoms with Crippen LogP contribution < -0.4 is 0 Å². The highest BCUT2D eigenvalue weighted by Crippen LogP contribution is 2.43. The second-order valence-electron chi connectivity index (χ2n) is 6.95. The number of aliphatic carboxylic acids is 1. The first-order valence-corrected chi connectivity index (χ1v) is 7.77. The van der Waals surface area contributed by atoms with Crippen molar-refractivity contribution in [2.24, 2.45) is 5.41 Å². The highest BCUT2D eigenvalue weighted by Gasteiger charge is 2.28. The van der Waals surface area contributed by atoms with E-state index in [4.69, 9.17) is 5.11 Å². The van der Waals surface area contributed by atoms with Gasteiger partial charge >= 0.3 is 5.97 Å². The lowest BCUT2D eigenvalue weighted by Crippen LogP contribution is -2.21. The summed E-state index contributed by atoms with van der Waals surface area (Å²) in [6, 6.07) is 8.86. The molecule has 1 unspecified atom stereocenters. The number of benzene rings is 1. The maximum absolute atomic E-state index is 10.5. The molecule has 0 amide bonds. The zero-order valence-corrected chi connectivity index (χ0v) is 12.7. The Hall–Kier alpha value is -1.31. The monoisotopic (exact) mass is 274 g/mol. The summed E-state index contributed by atoms with van der Waals surface area (Å²) in [6.45, 7) is 4.75. The van der Waals surface area contributed by atoms with Crippen LogP contribution in [-0.2, 0) is 11.2 Å². The van der Waals surface area contributed by atoms with Gasteiger partial charge in [-0.25, -0.2) is 0 Å². The molecule has 110 valence electrons. The largest absolute Gasteiger partial charge is 0.481 e. The van der Waals surface area contributed by atoms with E-state index in [-0.39, 0.29) is 6.42 Å². The molecule has 0 radical (unpaired) electrons. The molecule has 1 N–H and O–H groups in total. The molecule has 0 aromatic heterocycles. The number of carboxylic acids is 1. The first-order valence-electron chi connectivity index (χ1n) is 7.77. The van der Waals surface area contributed by atoms with Crippen LogP contribution in [0.25, 0.3) is 0 Å². The van der Waals surface area contributed by atoms with Crippen LogP contribution in [0.15, 0.2) is 24.3 Å². The fourth-order valence-corrected chi connectivity index (χ4v) is 3.38. The Morgan fingerprint density at radius 3 is 2.60 bits per heavy atom. The van der Waals surface area contributed by atoms with Crippen LogP contribution >= 0.6 is 0 Å². The van der Waals surface area contributed by atoms with Crippen molar-refractivity contribution in [3.8, 4) is 0 Å². The molecule has 2 rings (SSSR count). The molecule has 0 aliphatic heterocycles. The maximum atomic E-state index is 10.5. The second-order valence-corrected chi connectivity index (χ2v) is 6.95. The van der Waals surface area contributed by atoms with E-state index in [1.807, 2.05) is 0 Å². The molecule has 0 saturated heterocycles. The number of carboxylic acid groups (broad SMARTS) is 1. The van der Waals surface area contributed by atoms with E-state index in [2.05, 4.69) is 38.1 Å². The minimum atomic E-state index is -0.703. The summed E-state index contributed by atoms with van der Waals surface area (Å²) in [6.07, 6.45) is 7.12. The molecule has 1 aliphatic rings. The van der Waals surface area contributed by atoms with Gasteiger partial charge in [0.25, 0.3) is 0 Å². The molecule has 20 heavy (non-hydrogen) atoms. The zero-order valence-electron chi connectivity index (χ0n) is 12.7. The van der Waals surface area contributed by atoms with Crippen molar-refractivity contribution in [2.75, 3.05) is 0 Å². The van der Waals surface area contributed by atoms with Gasteiger partial charge in [-0.3, -0.25) is 4.79 Å². The Morgan fingerprint density at radius 1 is 1.30 bits per heavy atom. The van der Waals surface area contributed by atoms with Gasteiger partial charge in [-0.2, -0.15) is 0 Å². The molecule has 1 aliphatic carbocycles. The van der Waals surface area contributed by atoms with Gasteiger partial charge in [0.05, 0.1) is 0 Å². The molecule has 2 nitrogen and oxygen atoms in total. The molecule has 1 aromatic rings. The average molecular weight is 274 g/mol. The normalized spacial score (nSPS) is 21.6. The molecule has 1 saturated carbocycles. The van der Waals surface area contributed by atoms with Crippen LogP contribution in [0, 0.1) is 5.41 Å². The van der Waals surface area contributed by atoms with Crippen molar-refractivity contribution >= 4 is 5.97 Å². The second kappa shape index (κ2) is 6.43. The molecule has 1 atom stereocenters. The van der Waals surface area contributed by atoms with Crippen molar-refractivity contribution in [1.29, 1.82) is 0 Å². The summed E-state index contributed by atoms with van der Waals surface area (Å²) in [5.41, 5.74) is 3.19. The smallest absolute Gasteiger partial charge is 0.303 e. The highest BCUT2D eigenvalue weighted by molar-refractivity contribution is 5.66. The molecule has 2 heteroatoms. The van der Waals surface area contributed by atoms with Crippen LogP contribution in [0.1, 0.15) is 69.4 Å². The fraction of sp³-hybridized carbons (Fsp3) is 0.611. The van der Waals surface area contributed by atoms with E-state index in [1.54, 1.807) is 0 Å². The predicted molar refractivity (Wildman–Crippen MR) is 82.0 cm³/mol. The predicted octanol–water partition coefficient (Wildman–Crippen LogP) is 4.78. The van der Waals surface area contributed by atoms with Crippen molar-refractivity contribution < 1.29 is 9.90 Å². The Morgan fingerprint density at radius 2 is 2.00 bits per heavy atom. The lowest BCUT2D eigenvalue weighted by atomic mass is 9.70. The van der Waals surface area contributed by atoms with E-state index >= 15 is 0 Å². The molecule has 1 fully saturated rings. The number of hydrogen-bond donors (Lipinski definition) is 1. The van der Waals surface area contributed by atoms with Gasteiger partial charge in [0.2, 0.25) is 0 Å². The zero-order chi connectivity index (χ0) is 14.6. The van der Waals surface area contributed by atoms with Crippen LogP contribution in [0.4, 0.5) is 0 Å². The van der Waals surface area contributed by atoms with Gasteiger partial charge in [0, 0.05) is 6.42 Å². The topological polar surface area (TPSA) is 37.3 Å². The Bertz CT molecular complexity index is 445. The summed E-state index contributed by atoms with van der Waals surface area (Å²) in [5.74, 6) is -0.00197. The summed E-state index contributed by atoms with van der Waals surface area (Å²) < 4.78 is 0. The SMILES string of the molecule is CC1(C)CCCC(c2ccc(CCCC(=O)O)cc2)C1. The lowest BCUT2D eigenvalue weighted by Gasteiger charge is -2.35. The first-order chi connectivity index (χ1) is 9.46. The van der Waals surface area contributed by atoms with E-state index in [0.29, 0.717) is 11.3 Å². The molecule has 1 aromatic carbocycles. The first kappa shape index (κ1) is 15.1. The van der Waals surface area contributed by atoms with Gasteiger partial charge in [0.1, 0.15) is 0 Å². The molecule has 0 heterocycles. The minimum absolute atomic E-state index is 0.262. The molecule has 0 bridgehead atoms. The summed E-state index contributed by atoms with van der Waals surface area (Å²) >= 11 is 0. The van der Waals surface area contributed by atoms with Crippen LogP contribution in [0.2, 0.25) is 0 Å². The Balaban J connectivity index is 1.92. The Kier molecular flexibility index (Phi) is 4.85. The Labute approximate surface area is 122 Å². The van der Waals surface area contributed by atoms with Gasteiger partial charge < -0.3 is 5.11 Å². The van der Waals surface area contributed by atoms with Gasteiger partial charge in [-0.1, -0.05) is 44.5 Å². The van der Waals surface area contributed by atoms with Crippen molar-refractivity contribution in [3.05, 3.63) is 35.4 Å². The third-order valence-electron chi connectivity index (χ3n) is 4.51. The molecular weight excluding hydrogens is 248 g/mol. The molecular formula is C18H26O2. The van der Waals surface area contributed by atoms with Crippen LogP contribution in [0.5, 0.6) is 0 Å². The number of rotatable bonds is 5. The third-order valence-corrected chi connectivity index (χ3v) is 4.51. The van der Waals surface area contributed by atoms with Gasteiger partial charge in [0.15, 0.2) is 0 Å². The van der Waals surface area contributed by atoms with Crippen LogP contribution in [-0.4, -0.2) is 11.1 Å². The van der Waals surface area contributed by atoms with E-state index in [9.17, 15) is 4.79 Å². The lowest BCUT2D eigenvalue weighted by molar-refractivity contribution is -0.137. The van der Waals surface area contributed by atoms with Crippen molar-refractivity contribution in [2.45, 2.75) is 64.7 Å². The van der Waals surface area contributed by atoms with Gasteiger partial charge in [-0.05, 0) is 54.6 Å². The highest BCUT2D eigenvalue weighted by atomic mass is 16.4. The summed E-state index contributed by atoms with van der Waals surface area (Å²) in [5, 5.41) is 8.65.